The molecule has 1 aliphatic heterocycles. The smallest absolute Gasteiger partial charge is 0.229 e. The number of pyridine rings is 1. The largest absolute Gasteiger partial charge is 0.332 e. The number of aryl methyl sites for hydroxylation is 1. The molecule has 1 aromatic carbocycles. The number of fused-ring (bicyclic) bond motifs is 2. The van der Waals surface area contributed by atoms with E-state index in [4.69, 9.17) is 4.98 Å². The molecule has 0 bridgehead atoms. The number of nitrogens with zero attached hydrogens (tertiary/aromatic N) is 5. The molecule has 0 fully saturated rings. The van der Waals surface area contributed by atoms with E-state index in [-0.39, 0.29) is 5.91 Å². The lowest BCUT2D eigenvalue weighted by atomic mass is 10.2. The molecule has 4 heterocycles. The standard InChI is InChI=1S/C22H19N5O/c1-15-6-5-9-27-18(12-24-22(15)27)10-20(28)26-13-17-11-23-21(25-19(17)14-26)16-7-3-2-4-8-16/h2-9,11-12H,10,13-14H2,1H3. The second-order valence-electron chi connectivity index (χ2n) is 7.09. The van der Waals surface area contributed by atoms with Gasteiger partial charge in [-0.2, -0.15) is 0 Å². The third-order valence-electron chi connectivity index (χ3n) is 5.18. The summed E-state index contributed by atoms with van der Waals surface area (Å²) in [5.74, 6) is 0.772. The molecule has 0 atom stereocenters. The molecule has 5 rings (SSSR count). The summed E-state index contributed by atoms with van der Waals surface area (Å²) < 4.78 is 1.99. The van der Waals surface area contributed by atoms with E-state index in [0.29, 0.717) is 25.3 Å². The van der Waals surface area contributed by atoms with Crippen molar-refractivity contribution >= 4 is 11.6 Å². The highest BCUT2D eigenvalue weighted by Gasteiger charge is 2.26. The van der Waals surface area contributed by atoms with Crippen LogP contribution in [0.25, 0.3) is 17.0 Å². The van der Waals surface area contributed by atoms with Crippen molar-refractivity contribution in [3.63, 3.8) is 0 Å². The fraction of sp³-hybridized carbons (Fsp3) is 0.182. The zero-order valence-electron chi connectivity index (χ0n) is 15.5. The minimum Gasteiger partial charge on any atom is -0.332 e. The van der Waals surface area contributed by atoms with E-state index in [1.807, 2.05) is 71.1 Å². The van der Waals surface area contributed by atoms with Crippen LogP contribution >= 0.6 is 0 Å². The van der Waals surface area contributed by atoms with Crippen molar-refractivity contribution in [2.24, 2.45) is 0 Å². The van der Waals surface area contributed by atoms with E-state index in [1.54, 1.807) is 6.20 Å². The molecule has 0 aliphatic carbocycles. The Labute approximate surface area is 162 Å². The molecule has 3 aromatic heterocycles. The van der Waals surface area contributed by atoms with Gasteiger partial charge in [-0.3, -0.25) is 4.79 Å². The first-order valence-electron chi connectivity index (χ1n) is 9.28. The van der Waals surface area contributed by atoms with Gasteiger partial charge in [0, 0.05) is 36.3 Å². The van der Waals surface area contributed by atoms with E-state index in [1.165, 1.54) is 0 Å². The number of hydrogen-bond acceptors (Lipinski definition) is 4. The summed E-state index contributed by atoms with van der Waals surface area (Å²) in [5, 5.41) is 0. The van der Waals surface area contributed by atoms with Crippen LogP contribution in [0.3, 0.4) is 0 Å². The fourth-order valence-electron chi connectivity index (χ4n) is 3.66. The zero-order chi connectivity index (χ0) is 19.1. The average molecular weight is 369 g/mol. The quantitative estimate of drug-likeness (QED) is 0.556. The molecule has 4 aromatic rings. The number of amides is 1. The number of imidazole rings is 1. The Morgan fingerprint density at radius 1 is 1.04 bits per heavy atom. The highest BCUT2D eigenvalue weighted by molar-refractivity contribution is 5.79. The van der Waals surface area contributed by atoms with Gasteiger partial charge in [-0.1, -0.05) is 36.4 Å². The van der Waals surface area contributed by atoms with Crippen LogP contribution in [0, 0.1) is 6.92 Å². The van der Waals surface area contributed by atoms with Gasteiger partial charge in [0.05, 0.1) is 24.4 Å². The number of rotatable bonds is 3. The molecular weight excluding hydrogens is 350 g/mol. The van der Waals surface area contributed by atoms with Crippen LogP contribution in [0.1, 0.15) is 22.5 Å². The Bertz CT molecular complexity index is 1180. The average Bonchev–Trinajstić information content (AvgIpc) is 3.33. The molecule has 0 saturated heterocycles. The van der Waals surface area contributed by atoms with Crippen molar-refractivity contribution in [3.8, 4) is 11.4 Å². The Morgan fingerprint density at radius 2 is 1.89 bits per heavy atom. The fourth-order valence-corrected chi connectivity index (χ4v) is 3.66. The summed E-state index contributed by atoms with van der Waals surface area (Å²) in [6.45, 7) is 3.10. The number of benzene rings is 1. The molecule has 1 aliphatic rings. The Kier molecular flexibility index (Phi) is 3.90. The second-order valence-corrected chi connectivity index (χ2v) is 7.09. The summed E-state index contributed by atoms with van der Waals surface area (Å²) in [7, 11) is 0. The monoisotopic (exact) mass is 369 g/mol. The van der Waals surface area contributed by atoms with Crippen molar-refractivity contribution in [1.29, 1.82) is 0 Å². The lowest BCUT2D eigenvalue weighted by Gasteiger charge is -2.14. The Morgan fingerprint density at radius 3 is 2.75 bits per heavy atom. The highest BCUT2D eigenvalue weighted by atomic mass is 16.2. The van der Waals surface area contributed by atoms with Gasteiger partial charge in [0.15, 0.2) is 5.82 Å². The topological polar surface area (TPSA) is 63.4 Å². The first-order valence-corrected chi connectivity index (χ1v) is 9.28. The van der Waals surface area contributed by atoms with Crippen LogP contribution in [0.5, 0.6) is 0 Å². The van der Waals surface area contributed by atoms with Crippen molar-refractivity contribution in [2.75, 3.05) is 0 Å². The SMILES string of the molecule is Cc1cccn2c(CC(=O)N3Cc4cnc(-c5ccccc5)nc4C3)cnc12. The maximum atomic E-state index is 12.9. The molecule has 138 valence electrons. The van der Waals surface area contributed by atoms with Crippen LogP contribution in [-0.2, 0) is 24.3 Å². The summed E-state index contributed by atoms with van der Waals surface area (Å²) >= 11 is 0. The van der Waals surface area contributed by atoms with E-state index in [0.717, 1.165) is 33.7 Å². The first-order chi connectivity index (χ1) is 13.7. The van der Waals surface area contributed by atoms with Gasteiger partial charge in [0.25, 0.3) is 0 Å². The van der Waals surface area contributed by atoms with Gasteiger partial charge in [0.1, 0.15) is 5.65 Å². The minimum atomic E-state index is 0.0718. The Balaban J connectivity index is 1.36. The second kappa shape index (κ2) is 6.56. The lowest BCUT2D eigenvalue weighted by Crippen LogP contribution is -2.27. The summed E-state index contributed by atoms with van der Waals surface area (Å²) in [6.07, 6.45) is 5.90. The molecule has 0 unspecified atom stereocenters. The van der Waals surface area contributed by atoms with Gasteiger partial charge in [0.2, 0.25) is 5.91 Å². The van der Waals surface area contributed by atoms with E-state index in [9.17, 15) is 4.79 Å². The van der Waals surface area contributed by atoms with Crippen LogP contribution in [0.4, 0.5) is 0 Å². The molecule has 28 heavy (non-hydrogen) atoms. The third-order valence-corrected chi connectivity index (χ3v) is 5.18. The molecule has 0 N–H and O–H groups in total. The normalized spacial score (nSPS) is 13.1. The van der Waals surface area contributed by atoms with Crippen LogP contribution in [0.2, 0.25) is 0 Å². The minimum absolute atomic E-state index is 0.0718. The highest BCUT2D eigenvalue weighted by Crippen LogP contribution is 2.24. The van der Waals surface area contributed by atoms with Crippen LogP contribution < -0.4 is 0 Å². The maximum Gasteiger partial charge on any atom is 0.229 e. The molecule has 6 heteroatoms. The van der Waals surface area contributed by atoms with Gasteiger partial charge >= 0.3 is 0 Å². The van der Waals surface area contributed by atoms with Gasteiger partial charge < -0.3 is 9.30 Å². The summed E-state index contributed by atoms with van der Waals surface area (Å²) in [6, 6.07) is 13.9. The van der Waals surface area contributed by atoms with Crippen LogP contribution in [-0.4, -0.2) is 30.2 Å². The first kappa shape index (κ1) is 16.6. The number of carbonyl (C=O) groups is 1. The van der Waals surface area contributed by atoms with Gasteiger partial charge in [-0.05, 0) is 18.6 Å². The van der Waals surface area contributed by atoms with Crippen molar-refractivity contribution in [2.45, 2.75) is 26.4 Å². The number of aromatic nitrogens is 4. The maximum absolute atomic E-state index is 12.9. The molecule has 0 saturated carbocycles. The molecule has 1 amide bonds. The third kappa shape index (κ3) is 2.83. The van der Waals surface area contributed by atoms with Crippen molar-refractivity contribution < 1.29 is 4.79 Å². The van der Waals surface area contributed by atoms with Crippen molar-refractivity contribution in [1.82, 2.24) is 24.3 Å². The number of hydrogen-bond donors (Lipinski definition) is 0. The van der Waals surface area contributed by atoms with E-state index >= 15 is 0 Å². The van der Waals surface area contributed by atoms with Crippen LogP contribution in [0.15, 0.2) is 61.1 Å². The Hall–Kier alpha value is -3.54. The molecular formula is C22H19N5O. The van der Waals surface area contributed by atoms with Crippen molar-refractivity contribution in [3.05, 3.63) is 83.6 Å². The number of carbonyl (C=O) groups excluding carboxylic acids is 1. The predicted molar refractivity (Wildman–Crippen MR) is 105 cm³/mol. The van der Waals surface area contributed by atoms with E-state index in [2.05, 4.69) is 9.97 Å². The molecule has 0 spiro atoms. The zero-order valence-corrected chi connectivity index (χ0v) is 15.5. The predicted octanol–water partition coefficient (Wildman–Crippen LogP) is 3.18. The summed E-state index contributed by atoms with van der Waals surface area (Å²) in [5.41, 5.74) is 5.82. The molecule has 0 radical (unpaired) electrons. The summed E-state index contributed by atoms with van der Waals surface area (Å²) in [4.78, 5) is 28.4. The van der Waals surface area contributed by atoms with E-state index < -0.39 is 0 Å². The van der Waals surface area contributed by atoms with Gasteiger partial charge in [-0.25, -0.2) is 15.0 Å². The molecule has 6 nitrogen and oxygen atoms in total. The lowest BCUT2D eigenvalue weighted by molar-refractivity contribution is -0.131. The van der Waals surface area contributed by atoms with Gasteiger partial charge in [-0.15, -0.1) is 0 Å².